The second-order valence-electron chi connectivity index (χ2n) is 2.79. The normalized spacial score (nSPS) is 12.6. The van der Waals surface area contributed by atoms with Gasteiger partial charge in [-0.3, -0.25) is 0 Å². The van der Waals surface area contributed by atoms with Crippen molar-refractivity contribution in [3.63, 3.8) is 0 Å². The third-order valence-electron chi connectivity index (χ3n) is 1.76. The SMILES string of the molecule is C=C[C@@H](N)c1cc(C)ccc1Br. The van der Waals surface area contributed by atoms with Crippen LogP contribution >= 0.6 is 15.9 Å². The average molecular weight is 226 g/mol. The molecule has 1 aromatic carbocycles. The lowest BCUT2D eigenvalue weighted by atomic mass is 10.1. The molecular formula is C10H12BrN. The maximum Gasteiger partial charge on any atom is 0.0489 e. The van der Waals surface area contributed by atoms with Gasteiger partial charge in [-0.05, 0) is 18.6 Å². The van der Waals surface area contributed by atoms with Gasteiger partial charge in [-0.15, -0.1) is 6.58 Å². The van der Waals surface area contributed by atoms with Crippen molar-refractivity contribution < 1.29 is 0 Å². The molecule has 1 atom stereocenters. The van der Waals surface area contributed by atoms with Crippen LogP contribution in [0.15, 0.2) is 35.3 Å². The molecule has 0 heterocycles. The van der Waals surface area contributed by atoms with Crippen LogP contribution in [-0.4, -0.2) is 0 Å². The molecule has 0 aliphatic heterocycles. The van der Waals surface area contributed by atoms with E-state index in [2.05, 4.69) is 28.6 Å². The van der Waals surface area contributed by atoms with E-state index >= 15 is 0 Å². The van der Waals surface area contributed by atoms with Crippen LogP contribution in [0.4, 0.5) is 0 Å². The lowest BCUT2D eigenvalue weighted by Gasteiger charge is -2.09. The number of benzene rings is 1. The first-order valence-corrected chi connectivity index (χ1v) is 4.58. The van der Waals surface area contributed by atoms with Crippen molar-refractivity contribution in [1.29, 1.82) is 0 Å². The van der Waals surface area contributed by atoms with Crippen molar-refractivity contribution in [2.24, 2.45) is 5.73 Å². The minimum absolute atomic E-state index is 0.0840. The predicted molar refractivity (Wildman–Crippen MR) is 56.0 cm³/mol. The molecule has 64 valence electrons. The standard InChI is InChI=1S/C10H12BrN/c1-3-10(12)8-6-7(2)4-5-9(8)11/h3-6,10H,1,12H2,2H3/t10-/m1/s1. The van der Waals surface area contributed by atoms with E-state index < -0.39 is 0 Å². The number of hydrogen-bond donors (Lipinski definition) is 1. The first-order valence-electron chi connectivity index (χ1n) is 3.79. The molecule has 0 saturated heterocycles. The monoisotopic (exact) mass is 225 g/mol. The minimum atomic E-state index is -0.0840. The van der Waals surface area contributed by atoms with Gasteiger partial charge in [0.15, 0.2) is 0 Å². The highest BCUT2D eigenvalue weighted by Gasteiger charge is 2.05. The summed E-state index contributed by atoms with van der Waals surface area (Å²) < 4.78 is 1.04. The van der Waals surface area contributed by atoms with Gasteiger partial charge in [-0.1, -0.05) is 39.7 Å². The van der Waals surface area contributed by atoms with Crippen LogP contribution in [0.1, 0.15) is 17.2 Å². The Labute approximate surface area is 81.4 Å². The molecule has 0 radical (unpaired) electrons. The Hall–Kier alpha value is -0.600. The van der Waals surface area contributed by atoms with Crippen molar-refractivity contribution >= 4 is 15.9 Å². The van der Waals surface area contributed by atoms with Crippen LogP contribution in [0.2, 0.25) is 0 Å². The molecule has 0 aliphatic carbocycles. The van der Waals surface area contributed by atoms with Gasteiger partial charge in [0.2, 0.25) is 0 Å². The van der Waals surface area contributed by atoms with Crippen LogP contribution in [0, 0.1) is 6.92 Å². The van der Waals surface area contributed by atoms with Crippen molar-refractivity contribution in [2.75, 3.05) is 0 Å². The summed E-state index contributed by atoms with van der Waals surface area (Å²) in [6.45, 7) is 5.71. The molecule has 2 N–H and O–H groups in total. The fraction of sp³-hybridized carbons (Fsp3) is 0.200. The lowest BCUT2D eigenvalue weighted by molar-refractivity contribution is 0.905. The van der Waals surface area contributed by atoms with Gasteiger partial charge in [-0.2, -0.15) is 0 Å². The minimum Gasteiger partial charge on any atom is -0.321 e. The van der Waals surface area contributed by atoms with E-state index in [1.54, 1.807) is 6.08 Å². The highest BCUT2D eigenvalue weighted by molar-refractivity contribution is 9.10. The molecule has 1 aromatic rings. The van der Waals surface area contributed by atoms with Crippen molar-refractivity contribution in [2.45, 2.75) is 13.0 Å². The Morgan fingerprint density at radius 2 is 2.25 bits per heavy atom. The fourth-order valence-electron chi connectivity index (χ4n) is 1.05. The molecule has 0 fully saturated rings. The van der Waals surface area contributed by atoms with Gasteiger partial charge in [0.25, 0.3) is 0 Å². The zero-order valence-electron chi connectivity index (χ0n) is 7.05. The molecule has 0 unspecified atom stereocenters. The maximum absolute atomic E-state index is 5.82. The summed E-state index contributed by atoms with van der Waals surface area (Å²) in [4.78, 5) is 0. The molecular weight excluding hydrogens is 214 g/mol. The van der Waals surface area contributed by atoms with Crippen LogP contribution in [0.25, 0.3) is 0 Å². The first-order chi connectivity index (χ1) is 5.65. The van der Waals surface area contributed by atoms with Crippen molar-refractivity contribution in [3.8, 4) is 0 Å². The molecule has 1 rings (SSSR count). The molecule has 12 heavy (non-hydrogen) atoms. The summed E-state index contributed by atoms with van der Waals surface area (Å²) in [6.07, 6.45) is 1.74. The second-order valence-corrected chi connectivity index (χ2v) is 3.64. The molecule has 0 bridgehead atoms. The summed E-state index contributed by atoms with van der Waals surface area (Å²) in [7, 11) is 0. The van der Waals surface area contributed by atoms with Crippen LogP contribution in [0.3, 0.4) is 0 Å². The molecule has 0 saturated carbocycles. The maximum atomic E-state index is 5.82. The van der Waals surface area contributed by atoms with Crippen LogP contribution in [-0.2, 0) is 0 Å². The molecule has 0 amide bonds. The summed E-state index contributed by atoms with van der Waals surface area (Å²) in [5.41, 5.74) is 8.12. The second kappa shape index (κ2) is 3.87. The molecule has 2 heteroatoms. The third kappa shape index (κ3) is 1.96. The molecule has 0 aromatic heterocycles. The zero-order chi connectivity index (χ0) is 9.14. The predicted octanol–water partition coefficient (Wildman–Crippen LogP) is 2.94. The smallest absolute Gasteiger partial charge is 0.0489 e. The molecule has 0 aliphatic rings. The van der Waals surface area contributed by atoms with Gasteiger partial charge in [-0.25, -0.2) is 0 Å². The fourth-order valence-corrected chi connectivity index (χ4v) is 1.56. The Morgan fingerprint density at radius 1 is 1.58 bits per heavy atom. The highest BCUT2D eigenvalue weighted by Crippen LogP contribution is 2.23. The quantitative estimate of drug-likeness (QED) is 0.771. The van der Waals surface area contributed by atoms with Gasteiger partial charge < -0.3 is 5.73 Å². The van der Waals surface area contributed by atoms with Crippen LogP contribution in [0.5, 0.6) is 0 Å². The highest BCUT2D eigenvalue weighted by atomic mass is 79.9. The van der Waals surface area contributed by atoms with Gasteiger partial charge in [0.1, 0.15) is 0 Å². The van der Waals surface area contributed by atoms with E-state index in [4.69, 9.17) is 5.73 Å². The van der Waals surface area contributed by atoms with Gasteiger partial charge in [0.05, 0.1) is 0 Å². The first kappa shape index (κ1) is 9.49. The largest absolute Gasteiger partial charge is 0.321 e. The lowest BCUT2D eigenvalue weighted by Crippen LogP contribution is -2.07. The Morgan fingerprint density at radius 3 is 2.83 bits per heavy atom. The number of rotatable bonds is 2. The van der Waals surface area contributed by atoms with Crippen molar-refractivity contribution in [1.82, 2.24) is 0 Å². The Balaban J connectivity index is 3.12. The summed E-state index contributed by atoms with van der Waals surface area (Å²) in [5, 5.41) is 0. The van der Waals surface area contributed by atoms with Crippen molar-refractivity contribution in [3.05, 3.63) is 46.5 Å². The van der Waals surface area contributed by atoms with Gasteiger partial charge in [0, 0.05) is 10.5 Å². The number of nitrogens with two attached hydrogens (primary N) is 1. The van der Waals surface area contributed by atoms with E-state index in [-0.39, 0.29) is 6.04 Å². The zero-order valence-corrected chi connectivity index (χ0v) is 8.64. The number of aryl methyl sites for hydroxylation is 1. The van der Waals surface area contributed by atoms with E-state index in [1.807, 2.05) is 19.1 Å². The van der Waals surface area contributed by atoms with E-state index in [0.717, 1.165) is 10.0 Å². The number of hydrogen-bond acceptors (Lipinski definition) is 1. The number of halogens is 1. The summed E-state index contributed by atoms with van der Waals surface area (Å²) in [6, 6.07) is 6.03. The summed E-state index contributed by atoms with van der Waals surface area (Å²) in [5.74, 6) is 0. The van der Waals surface area contributed by atoms with Gasteiger partial charge >= 0.3 is 0 Å². The Bertz CT molecular complexity index is 294. The van der Waals surface area contributed by atoms with E-state index in [0.29, 0.717) is 0 Å². The third-order valence-corrected chi connectivity index (χ3v) is 2.49. The Kier molecular flexibility index (Phi) is 3.06. The average Bonchev–Trinajstić information content (AvgIpc) is 2.08. The summed E-state index contributed by atoms with van der Waals surface area (Å²) >= 11 is 3.44. The molecule has 0 spiro atoms. The van der Waals surface area contributed by atoms with Crippen LogP contribution < -0.4 is 5.73 Å². The van der Waals surface area contributed by atoms with E-state index in [9.17, 15) is 0 Å². The topological polar surface area (TPSA) is 26.0 Å². The molecule has 1 nitrogen and oxygen atoms in total. The van der Waals surface area contributed by atoms with E-state index in [1.165, 1.54) is 5.56 Å².